The van der Waals surface area contributed by atoms with Gasteiger partial charge < -0.3 is 34.7 Å². The number of imide groups is 1. The van der Waals surface area contributed by atoms with Gasteiger partial charge in [-0.05, 0) is 82.9 Å². The van der Waals surface area contributed by atoms with Gasteiger partial charge in [0.05, 0.1) is 43.5 Å². The fourth-order valence-electron chi connectivity index (χ4n) is 7.25. The van der Waals surface area contributed by atoms with Crippen molar-refractivity contribution >= 4 is 29.7 Å². The maximum atomic E-state index is 14.0. The molecular formula is C42H46F3N7O6. The molecule has 3 N–H and O–H groups in total. The number of amides is 4. The third-order valence-corrected chi connectivity index (χ3v) is 10.2. The van der Waals surface area contributed by atoms with Crippen LogP contribution in [-0.4, -0.2) is 80.9 Å². The topological polar surface area (TPSA) is 154 Å². The van der Waals surface area contributed by atoms with Crippen LogP contribution >= 0.6 is 0 Å². The summed E-state index contributed by atoms with van der Waals surface area (Å²) in [5, 5.41) is 2.93. The second-order valence-corrected chi connectivity index (χ2v) is 15.2. The molecule has 306 valence electrons. The molecule has 1 saturated carbocycles. The first-order valence-corrected chi connectivity index (χ1v) is 18.8. The zero-order valence-corrected chi connectivity index (χ0v) is 33.2. The Hall–Kier alpha value is -6.24. The third-order valence-electron chi connectivity index (χ3n) is 10.2. The van der Waals surface area contributed by atoms with E-state index in [0.717, 1.165) is 4.90 Å². The molecule has 2 aromatic carbocycles. The van der Waals surface area contributed by atoms with E-state index in [0.29, 0.717) is 62.9 Å². The molecule has 13 nitrogen and oxygen atoms in total. The Bertz CT molecular complexity index is 2270. The molecule has 16 heteroatoms. The molecular weight excluding hydrogens is 755 g/mol. The van der Waals surface area contributed by atoms with E-state index >= 15 is 0 Å². The van der Waals surface area contributed by atoms with Crippen molar-refractivity contribution < 1.29 is 41.8 Å². The Morgan fingerprint density at radius 1 is 1.02 bits per heavy atom. The Morgan fingerprint density at radius 3 is 2.43 bits per heavy atom. The first kappa shape index (κ1) is 41.4. The fraction of sp³-hybridized carbons (Fsp3) is 0.405. The lowest BCUT2D eigenvalue weighted by atomic mass is 9.85. The molecule has 4 aromatic rings. The van der Waals surface area contributed by atoms with E-state index in [9.17, 15) is 27.6 Å². The predicted octanol–water partition coefficient (Wildman–Crippen LogP) is 7.57. The van der Waals surface area contributed by atoms with Crippen molar-refractivity contribution in [1.82, 2.24) is 24.3 Å². The quantitative estimate of drug-likeness (QED) is 0.180. The lowest BCUT2D eigenvalue weighted by Gasteiger charge is -2.37. The number of halogens is 3. The molecule has 2 aliphatic rings. The molecule has 6 rings (SSSR count). The number of anilines is 2. The van der Waals surface area contributed by atoms with E-state index in [2.05, 4.69) is 27.1 Å². The van der Waals surface area contributed by atoms with Gasteiger partial charge in [-0.1, -0.05) is 17.9 Å². The highest BCUT2D eigenvalue weighted by atomic mass is 19.4. The van der Waals surface area contributed by atoms with E-state index in [1.54, 1.807) is 81.2 Å². The number of methoxy groups -OCH3 is 2. The number of aromatic nitrogens is 3. The summed E-state index contributed by atoms with van der Waals surface area (Å²) in [6.07, 6.45) is -2.91. The van der Waals surface area contributed by atoms with Crippen molar-refractivity contribution in [2.75, 3.05) is 31.8 Å². The zero-order chi connectivity index (χ0) is 41.9. The average Bonchev–Trinajstić information content (AvgIpc) is 3.52. The number of fused-ring (bicyclic) bond motifs is 1. The number of benzene rings is 2. The van der Waals surface area contributed by atoms with Crippen LogP contribution < -0.4 is 20.5 Å². The van der Waals surface area contributed by atoms with E-state index < -0.39 is 41.8 Å². The number of ether oxygens (including phenoxy) is 3. The largest absolute Gasteiger partial charge is 0.497 e. The van der Waals surface area contributed by atoms with E-state index in [1.165, 1.54) is 20.4 Å². The molecule has 0 bridgehead atoms. The summed E-state index contributed by atoms with van der Waals surface area (Å²) in [5.41, 5.74) is 9.25. The van der Waals surface area contributed by atoms with Crippen molar-refractivity contribution in [3.05, 3.63) is 82.7 Å². The van der Waals surface area contributed by atoms with Gasteiger partial charge in [0.1, 0.15) is 22.8 Å². The van der Waals surface area contributed by atoms with Crippen LogP contribution in [0.25, 0.3) is 11.4 Å². The predicted molar refractivity (Wildman–Crippen MR) is 210 cm³/mol. The molecule has 0 saturated heterocycles. The van der Waals surface area contributed by atoms with E-state index in [4.69, 9.17) is 19.9 Å². The van der Waals surface area contributed by atoms with Crippen LogP contribution in [0.3, 0.4) is 0 Å². The number of alkyl halides is 3. The summed E-state index contributed by atoms with van der Waals surface area (Å²) >= 11 is 0. The highest BCUT2D eigenvalue weighted by molar-refractivity contribution is 6.05. The van der Waals surface area contributed by atoms with Crippen LogP contribution in [0.4, 0.5) is 34.4 Å². The molecule has 1 fully saturated rings. The Kier molecular flexibility index (Phi) is 11.9. The van der Waals surface area contributed by atoms with Crippen LogP contribution in [0.2, 0.25) is 0 Å². The third kappa shape index (κ3) is 9.30. The number of carbonyl (C=O) groups is 3. The highest BCUT2D eigenvalue weighted by Gasteiger charge is 2.43. The minimum Gasteiger partial charge on any atom is -0.497 e. The van der Waals surface area contributed by atoms with Gasteiger partial charge in [-0.2, -0.15) is 13.2 Å². The average molecular weight is 802 g/mol. The molecule has 0 unspecified atom stereocenters. The number of nitrogens with zero attached hydrogens (tertiary/aromatic N) is 5. The van der Waals surface area contributed by atoms with Gasteiger partial charge in [0.2, 0.25) is 5.95 Å². The lowest BCUT2D eigenvalue weighted by Crippen LogP contribution is -2.45. The molecule has 4 amide bonds. The van der Waals surface area contributed by atoms with Crippen LogP contribution in [0.15, 0.2) is 54.7 Å². The van der Waals surface area contributed by atoms with Gasteiger partial charge in [0, 0.05) is 60.8 Å². The monoisotopic (exact) mass is 801 g/mol. The number of rotatable bonds is 7. The lowest BCUT2D eigenvalue weighted by molar-refractivity contribution is -0.184. The molecule has 2 aromatic heterocycles. The van der Waals surface area contributed by atoms with Gasteiger partial charge in [0.25, 0.3) is 5.91 Å². The maximum absolute atomic E-state index is 14.0. The van der Waals surface area contributed by atoms with Crippen LogP contribution in [0, 0.1) is 17.8 Å². The number of hydrogen-bond acceptors (Lipinski definition) is 9. The van der Waals surface area contributed by atoms with E-state index in [1.807, 2.05) is 4.57 Å². The maximum Gasteiger partial charge on any atom is 0.417 e. The Morgan fingerprint density at radius 2 is 1.76 bits per heavy atom. The van der Waals surface area contributed by atoms with Crippen molar-refractivity contribution in [3.8, 4) is 34.7 Å². The van der Waals surface area contributed by atoms with Crippen molar-refractivity contribution in [1.29, 1.82) is 0 Å². The first-order chi connectivity index (χ1) is 27.4. The van der Waals surface area contributed by atoms with Gasteiger partial charge in [0.15, 0.2) is 0 Å². The minimum absolute atomic E-state index is 0.00477. The summed E-state index contributed by atoms with van der Waals surface area (Å²) in [4.78, 5) is 51.6. The fourth-order valence-corrected chi connectivity index (χ4v) is 7.25. The SMILES string of the molecule is COc1ccc(CN(C(=O)Nc2cccc(C#Cc3cnc(N)nc3-c3cc4c(n3C)CCN(C(=O)OC(C)(C)C)C4=O)c2)C2CCC(C(F)(F)F)CC2)c(OC)c1. The van der Waals surface area contributed by atoms with Crippen LogP contribution in [0.1, 0.15) is 79.2 Å². The molecule has 0 radical (unpaired) electrons. The number of nitrogens with two attached hydrogens (primary N) is 1. The summed E-state index contributed by atoms with van der Waals surface area (Å²) < 4.78 is 58.8. The van der Waals surface area contributed by atoms with Crippen molar-refractivity contribution in [3.63, 3.8) is 0 Å². The Balaban J connectivity index is 1.25. The van der Waals surface area contributed by atoms with Gasteiger partial charge in [-0.3, -0.25) is 4.79 Å². The molecule has 1 aliphatic carbocycles. The number of nitrogen functional groups attached to an aromatic ring is 1. The standard InChI is InChI=1S/C42H46F3N7O6/c1-41(2,3)58-40(55)51-19-18-33-32(37(51)53)22-34(50(33)4)36-26(23-47-38(46)49-36)11-10-25-8-7-9-29(20-25)48-39(54)52(30-15-13-28(14-16-30)42(43,44)45)24-27-12-17-31(56-5)21-35(27)57-6/h7-9,12,17,20-23,28,30H,13-16,18-19,24H2,1-6H3,(H,48,54)(H2,46,47,49). The Labute approximate surface area is 334 Å². The van der Waals surface area contributed by atoms with Crippen molar-refractivity contribution in [2.24, 2.45) is 13.0 Å². The number of urea groups is 1. The smallest absolute Gasteiger partial charge is 0.417 e. The second-order valence-electron chi connectivity index (χ2n) is 15.2. The second kappa shape index (κ2) is 16.7. The van der Waals surface area contributed by atoms with Crippen LogP contribution in [0.5, 0.6) is 11.5 Å². The molecule has 3 heterocycles. The highest BCUT2D eigenvalue weighted by Crippen LogP contribution is 2.40. The summed E-state index contributed by atoms with van der Waals surface area (Å²) in [5.74, 6) is 5.34. The van der Waals surface area contributed by atoms with Gasteiger partial charge in [-0.15, -0.1) is 0 Å². The minimum atomic E-state index is -4.29. The molecule has 1 aliphatic heterocycles. The summed E-state index contributed by atoms with van der Waals surface area (Å²) in [6, 6.07) is 12.8. The summed E-state index contributed by atoms with van der Waals surface area (Å²) in [6.45, 7) is 5.43. The molecule has 58 heavy (non-hydrogen) atoms. The molecule has 0 spiro atoms. The van der Waals surface area contributed by atoms with Gasteiger partial charge in [-0.25, -0.2) is 24.5 Å². The van der Waals surface area contributed by atoms with E-state index in [-0.39, 0.29) is 44.7 Å². The number of carbonyl (C=O) groups excluding carboxylic acids is 3. The molecule has 0 atom stereocenters. The number of nitrogens with one attached hydrogen (secondary N) is 1. The zero-order valence-electron chi connectivity index (χ0n) is 33.2. The number of hydrogen-bond donors (Lipinski definition) is 2. The summed E-state index contributed by atoms with van der Waals surface area (Å²) in [7, 11) is 4.82. The van der Waals surface area contributed by atoms with Crippen molar-refractivity contribution in [2.45, 2.75) is 77.2 Å². The van der Waals surface area contributed by atoms with Crippen LogP contribution in [-0.2, 0) is 24.8 Å². The first-order valence-electron chi connectivity index (χ1n) is 18.8. The normalized spacial score (nSPS) is 16.8. The van der Waals surface area contributed by atoms with Gasteiger partial charge >= 0.3 is 18.3 Å².